The Hall–Kier alpha value is -2.31. The van der Waals surface area contributed by atoms with Crippen LogP contribution in [0, 0.1) is 11.6 Å². The predicted octanol–water partition coefficient (Wildman–Crippen LogP) is 4.99. The van der Waals surface area contributed by atoms with Crippen LogP contribution in [0.2, 0.25) is 5.02 Å². The van der Waals surface area contributed by atoms with Crippen molar-refractivity contribution in [3.8, 4) is 11.3 Å². The monoisotopic (exact) mass is 350 g/mol. The van der Waals surface area contributed by atoms with Crippen LogP contribution in [0.3, 0.4) is 0 Å². The summed E-state index contributed by atoms with van der Waals surface area (Å²) >= 11 is 6.99. The lowest BCUT2D eigenvalue weighted by atomic mass is 10.1. The smallest absolute Gasteiger partial charge is 0.257 e. The van der Waals surface area contributed by atoms with E-state index in [1.54, 1.807) is 23.6 Å². The summed E-state index contributed by atoms with van der Waals surface area (Å²) in [7, 11) is 0. The molecule has 0 saturated heterocycles. The highest BCUT2D eigenvalue weighted by Crippen LogP contribution is 2.27. The minimum Gasteiger partial charge on any atom is -0.298 e. The minimum absolute atomic E-state index is 0.172. The van der Waals surface area contributed by atoms with Crippen molar-refractivity contribution in [2.45, 2.75) is 0 Å². The molecule has 0 bridgehead atoms. The Morgan fingerprint density at radius 3 is 2.74 bits per heavy atom. The van der Waals surface area contributed by atoms with Crippen LogP contribution in [0.5, 0.6) is 0 Å². The number of halogens is 3. The number of amides is 1. The van der Waals surface area contributed by atoms with Gasteiger partial charge >= 0.3 is 0 Å². The molecule has 2 aromatic carbocycles. The average Bonchev–Trinajstić information content (AvgIpc) is 2.95. The summed E-state index contributed by atoms with van der Waals surface area (Å²) < 4.78 is 26.7. The molecule has 1 amide bonds. The van der Waals surface area contributed by atoms with Crippen LogP contribution in [-0.4, -0.2) is 10.9 Å². The van der Waals surface area contributed by atoms with Gasteiger partial charge in [-0.2, -0.15) is 0 Å². The Bertz CT molecular complexity index is 882. The molecule has 0 fully saturated rings. The first-order chi connectivity index (χ1) is 11.0. The molecule has 0 unspecified atom stereocenters. The zero-order valence-electron chi connectivity index (χ0n) is 11.5. The molecule has 0 atom stereocenters. The van der Waals surface area contributed by atoms with Gasteiger partial charge in [0.15, 0.2) is 5.13 Å². The van der Waals surface area contributed by atoms with Crippen LogP contribution in [0.15, 0.2) is 47.8 Å². The maximum absolute atomic E-state index is 13.7. The third kappa shape index (κ3) is 3.55. The fourth-order valence-electron chi connectivity index (χ4n) is 1.95. The molecule has 1 N–H and O–H groups in total. The quantitative estimate of drug-likeness (QED) is 0.722. The third-order valence-electron chi connectivity index (χ3n) is 3.02. The van der Waals surface area contributed by atoms with Crippen LogP contribution in [0.4, 0.5) is 13.9 Å². The van der Waals surface area contributed by atoms with Gasteiger partial charge in [-0.15, -0.1) is 11.3 Å². The molecule has 3 nitrogen and oxygen atoms in total. The SMILES string of the molecule is O=C(Nc1nc(-c2ccc(F)cc2F)cs1)c1cccc(Cl)c1. The molecule has 0 spiro atoms. The van der Waals surface area contributed by atoms with Crippen LogP contribution < -0.4 is 5.32 Å². The highest BCUT2D eigenvalue weighted by Gasteiger charge is 2.13. The summed E-state index contributed by atoms with van der Waals surface area (Å²) in [5, 5.41) is 4.97. The summed E-state index contributed by atoms with van der Waals surface area (Å²) in [6, 6.07) is 9.74. The maximum atomic E-state index is 13.7. The lowest BCUT2D eigenvalue weighted by Crippen LogP contribution is -2.11. The summed E-state index contributed by atoms with van der Waals surface area (Å²) in [6.45, 7) is 0. The molecular formula is C16H9ClF2N2OS. The van der Waals surface area contributed by atoms with E-state index >= 15 is 0 Å². The number of benzene rings is 2. The molecule has 0 saturated carbocycles. The van der Waals surface area contributed by atoms with Gasteiger partial charge in [0.1, 0.15) is 11.6 Å². The van der Waals surface area contributed by atoms with Gasteiger partial charge in [0.25, 0.3) is 5.91 Å². The number of nitrogens with zero attached hydrogens (tertiary/aromatic N) is 1. The highest BCUT2D eigenvalue weighted by molar-refractivity contribution is 7.14. The average molecular weight is 351 g/mol. The number of carbonyl (C=O) groups excluding carboxylic acids is 1. The lowest BCUT2D eigenvalue weighted by Gasteiger charge is -2.02. The number of hydrogen-bond donors (Lipinski definition) is 1. The summed E-state index contributed by atoms with van der Waals surface area (Å²) in [5.41, 5.74) is 0.891. The van der Waals surface area contributed by atoms with Crippen molar-refractivity contribution in [1.82, 2.24) is 4.98 Å². The molecular weight excluding hydrogens is 342 g/mol. The van der Waals surface area contributed by atoms with Crippen LogP contribution in [0.25, 0.3) is 11.3 Å². The zero-order valence-corrected chi connectivity index (χ0v) is 13.1. The van der Waals surface area contributed by atoms with Gasteiger partial charge in [-0.1, -0.05) is 17.7 Å². The van der Waals surface area contributed by atoms with Gasteiger partial charge in [0.2, 0.25) is 0 Å². The number of hydrogen-bond acceptors (Lipinski definition) is 3. The topological polar surface area (TPSA) is 42.0 Å². The molecule has 0 aliphatic rings. The van der Waals surface area contributed by atoms with Crippen LogP contribution in [-0.2, 0) is 0 Å². The Morgan fingerprint density at radius 2 is 2.00 bits per heavy atom. The first-order valence-corrected chi connectivity index (χ1v) is 7.76. The van der Waals surface area contributed by atoms with Crippen molar-refractivity contribution in [1.29, 1.82) is 0 Å². The number of nitrogens with one attached hydrogen (secondary N) is 1. The van der Waals surface area contributed by atoms with Crippen molar-refractivity contribution in [3.63, 3.8) is 0 Å². The van der Waals surface area contributed by atoms with Gasteiger partial charge in [-0.25, -0.2) is 13.8 Å². The molecule has 0 aliphatic heterocycles. The molecule has 23 heavy (non-hydrogen) atoms. The molecule has 0 radical (unpaired) electrons. The van der Waals surface area contributed by atoms with E-state index in [9.17, 15) is 13.6 Å². The van der Waals surface area contributed by atoms with E-state index in [2.05, 4.69) is 10.3 Å². The molecule has 116 valence electrons. The van der Waals surface area contributed by atoms with Crippen molar-refractivity contribution in [3.05, 3.63) is 70.1 Å². The zero-order chi connectivity index (χ0) is 16.4. The van der Waals surface area contributed by atoms with Crippen molar-refractivity contribution < 1.29 is 13.6 Å². The summed E-state index contributed by atoms with van der Waals surface area (Å²) in [4.78, 5) is 16.2. The molecule has 3 rings (SSSR count). The Balaban J connectivity index is 1.81. The summed E-state index contributed by atoms with van der Waals surface area (Å²) in [6.07, 6.45) is 0. The van der Waals surface area contributed by atoms with E-state index in [4.69, 9.17) is 11.6 Å². The Kier molecular flexibility index (Phi) is 4.36. The van der Waals surface area contributed by atoms with E-state index in [-0.39, 0.29) is 11.5 Å². The van der Waals surface area contributed by atoms with Gasteiger partial charge in [0.05, 0.1) is 5.69 Å². The first kappa shape index (κ1) is 15.6. The second-order valence-electron chi connectivity index (χ2n) is 4.63. The van der Waals surface area contributed by atoms with E-state index in [0.717, 1.165) is 23.5 Å². The second kappa shape index (κ2) is 6.44. The van der Waals surface area contributed by atoms with Gasteiger partial charge in [-0.05, 0) is 30.3 Å². The van der Waals surface area contributed by atoms with Crippen LogP contribution >= 0.6 is 22.9 Å². The van der Waals surface area contributed by atoms with Crippen LogP contribution in [0.1, 0.15) is 10.4 Å². The molecule has 7 heteroatoms. The van der Waals surface area contributed by atoms with Gasteiger partial charge in [0, 0.05) is 27.6 Å². The predicted molar refractivity (Wildman–Crippen MR) is 86.9 cm³/mol. The number of aromatic nitrogens is 1. The Morgan fingerprint density at radius 1 is 1.17 bits per heavy atom. The molecule has 3 aromatic rings. The lowest BCUT2D eigenvalue weighted by molar-refractivity contribution is 0.102. The normalized spacial score (nSPS) is 10.6. The fraction of sp³-hybridized carbons (Fsp3) is 0. The first-order valence-electron chi connectivity index (χ1n) is 6.51. The van der Waals surface area contributed by atoms with Crippen molar-refractivity contribution in [2.24, 2.45) is 0 Å². The largest absolute Gasteiger partial charge is 0.298 e. The van der Waals surface area contributed by atoms with E-state index < -0.39 is 11.6 Å². The third-order valence-corrected chi connectivity index (χ3v) is 4.01. The second-order valence-corrected chi connectivity index (χ2v) is 5.92. The van der Waals surface area contributed by atoms with Crippen molar-refractivity contribution >= 4 is 34.0 Å². The van der Waals surface area contributed by atoms with E-state index in [1.165, 1.54) is 12.1 Å². The number of thiazole rings is 1. The molecule has 1 aromatic heterocycles. The van der Waals surface area contributed by atoms with E-state index in [0.29, 0.717) is 21.4 Å². The fourth-order valence-corrected chi connectivity index (χ4v) is 2.85. The number of carbonyl (C=O) groups is 1. The molecule has 1 heterocycles. The molecule has 0 aliphatic carbocycles. The van der Waals surface area contributed by atoms with E-state index in [1.807, 2.05) is 0 Å². The standard InChI is InChI=1S/C16H9ClF2N2OS/c17-10-3-1-2-9(6-10)15(22)21-16-20-14(8-23-16)12-5-4-11(18)7-13(12)19/h1-8H,(H,20,21,22). The number of rotatable bonds is 3. The van der Waals surface area contributed by atoms with Gasteiger partial charge < -0.3 is 0 Å². The van der Waals surface area contributed by atoms with Gasteiger partial charge in [-0.3, -0.25) is 10.1 Å². The maximum Gasteiger partial charge on any atom is 0.257 e. The Labute approximate surface area is 139 Å². The summed E-state index contributed by atoms with van der Waals surface area (Å²) in [5.74, 6) is -1.73. The highest BCUT2D eigenvalue weighted by atomic mass is 35.5. The number of anilines is 1. The minimum atomic E-state index is -0.706. The van der Waals surface area contributed by atoms with Crippen molar-refractivity contribution in [2.75, 3.05) is 5.32 Å².